The summed E-state index contributed by atoms with van der Waals surface area (Å²) in [6.45, 7) is 2.88. The van der Waals surface area contributed by atoms with Gasteiger partial charge < -0.3 is 30.2 Å². The Labute approximate surface area is 290 Å². The highest BCUT2D eigenvalue weighted by Crippen LogP contribution is 2.46. The summed E-state index contributed by atoms with van der Waals surface area (Å²) >= 11 is 5.88. The summed E-state index contributed by atoms with van der Waals surface area (Å²) in [6.07, 6.45) is -3.13. The highest BCUT2D eigenvalue weighted by atomic mass is 35.5. The molecule has 6 heterocycles. The molecule has 50 heavy (non-hydrogen) atoms. The Balaban J connectivity index is 0.000000412. The summed E-state index contributed by atoms with van der Waals surface area (Å²) in [5.74, 6) is -0.917. The number of nitrogen functional groups attached to an aromatic ring is 1. The maximum Gasteiger partial charge on any atom is 0.418 e. The van der Waals surface area contributed by atoms with Crippen molar-refractivity contribution in [3.05, 3.63) is 50.7 Å². The molecule has 272 valence electrons. The Kier molecular flexibility index (Phi) is 10.3. The van der Waals surface area contributed by atoms with Crippen molar-refractivity contribution in [2.24, 2.45) is 0 Å². The average Bonchev–Trinajstić information content (AvgIpc) is 3.72. The molecular weight excluding hydrogens is 691 g/mol. The third kappa shape index (κ3) is 6.86. The number of aromatic nitrogens is 4. The molecule has 1 amide bonds. The monoisotopic (exact) mass is 728 g/mol. The van der Waals surface area contributed by atoms with E-state index in [0.29, 0.717) is 60.6 Å². The first-order valence-electron chi connectivity index (χ1n) is 16.2. The Bertz CT molecular complexity index is 1750. The quantitative estimate of drug-likeness (QED) is 0.277. The number of alkyl halides is 4. The third-order valence-electron chi connectivity index (χ3n) is 9.48. The van der Waals surface area contributed by atoms with Crippen molar-refractivity contribution >= 4 is 29.0 Å². The second-order valence-electron chi connectivity index (χ2n) is 12.5. The van der Waals surface area contributed by atoms with Crippen LogP contribution < -0.4 is 25.4 Å². The van der Waals surface area contributed by atoms with Crippen molar-refractivity contribution < 1.29 is 41.0 Å². The maximum atomic E-state index is 15.1. The molecule has 0 bridgehead atoms. The van der Waals surface area contributed by atoms with E-state index in [1.165, 1.54) is 34.1 Å². The molecule has 18 heteroatoms. The van der Waals surface area contributed by atoms with E-state index >= 15 is 4.39 Å². The van der Waals surface area contributed by atoms with Crippen molar-refractivity contribution in [2.75, 3.05) is 51.5 Å². The number of hydrogen-bond acceptors (Lipinski definition) is 10. The molecule has 4 aliphatic heterocycles. The van der Waals surface area contributed by atoms with Crippen LogP contribution in [-0.2, 0) is 37.0 Å². The summed E-state index contributed by atoms with van der Waals surface area (Å²) in [7, 11) is 4.30. The number of carbonyl (C=O) groups is 1. The van der Waals surface area contributed by atoms with Crippen LogP contribution in [0.25, 0.3) is 0 Å². The van der Waals surface area contributed by atoms with E-state index in [9.17, 15) is 22.4 Å². The Morgan fingerprint density at radius 1 is 1.16 bits per heavy atom. The number of benzene rings is 1. The number of nitrogens with zero attached hydrogens (tertiary/aromatic N) is 6. The molecule has 3 atom stereocenters. The van der Waals surface area contributed by atoms with Gasteiger partial charge in [0.25, 0.3) is 5.91 Å². The van der Waals surface area contributed by atoms with Gasteiger partial charge in [0.15, 0.2) is 17.3 Å². The fourth-order valence-electron chi connectivity index (χ4n) is 7.20. The number of carbonyl (C=O) groups excluding carboxylic acids is 1. The molecule has 12 nitrogen and oxygen atoms in total. The minimum atomic E-state index is -4.96. The van der Waals surface area contributed by atoms with Crippen LogP contribution >= 0.6 is 11.6 Å². The molecule has 2 aromatic heterocycles. The van der Waals surface area contributed by atoms with Crippen molar-refractivity contribution in [3.63, 3.8) is 0 Å². The number of aryl methyl sites for hydroxylation is 1. The molecule has 3 aromatic rings. The van der Waals surface area contributed by atoms with E-state index in [-0.39, 0.29) is 31.3 Å². The average molecular weight is 729 g/mol. The number of hydrogen-bond donors (Lipinski definition) is 2. The first kappa shape index (κ1) is 35.9. The van der Waals surface area contributed by atoms with Gasteiger partial charge in [-0.1, -0.05) is 11.6 Å². The minimum absolute atomic E-state index is 0.0303. The lowest BCUT2D eigenvalue weighted by atomic mass is 9.93. The van der Waals surface area contributed by atoms with Crippen molar-refractivity contribution in [3.8, 4) is 11.8 Å². The van der Waals surface area contributed by atoms with Gasteiger partial charge in [-0.05, 0) is 38.3 Å². The minimum Gasteiger partial charge on any atom is -0.492 e. The van der Waals surface area contributed by atoms with E-state index in [4.69, 9.17) is 31.5 Å². The van der Waals surface area contributed by atoms with E-state index < -0.39 is 52.0 Å². The van der Waals surface area contributed by atoms with Crippen molar-refractivity contribution in [1.82, 2.24) is 30.0 Å². The predicted molar refractivity (Wildman–Crippen MR) is 173 cm³/mol. The summed E-state index contributed by atoms with van der Waals surface area (Å²) in [5.41, 5.74) is 4.58. The van der Waals surface area contributed by atoms with Crippen LogP contribution in [0.2, 0.25) is 5.02 Å². The second-order valence-corrected chi connectivity index (χ2v) is 12.9. The first-order chi connectivity index (χ1) is 23.8. The molecule has 0 saturated carbocycles. The van der Waals surface area contributed by atoms with Gasteiger partial charge in [0, 0.05) is 50.3 Å². The zero-order chi connectivity index (χ0) is 35.9. The summed E-state index contributed by atoms with van der Waals surface area (Å²) in [4.78, 5) is 25.5. The van der Waals surface area contributed by atoms with Crippen LogP contribution in [0.15, 0.2) is 6.07 Å². The maximum absolute atomic E-state index is 15.1. The number of halogens is 6. The van der Waals surface area contributed by atoms with Crippen LogP contribution in [0.1, 0.15) is 70.4 Å². The lowest BCUT2D eigenvalue weighted by Gasteiger charge is -2.31. The summed E-state index contributed by atoms with van der Waals surface area (Å²) in [6, 6.07) is 1.31. The lowest BCUT2D eigenvalue weighted by Crippen LogP contribution is -2.29. The van der Waals surface area contributed by atoms with Gasteiger partial charge in [0.1, 0.15) is 17.7 Å². The molecule has 0 spiro atoms. The second kappa shape index (κ2) is 14.3. The number of anilines is 2. The van der Waals surface area contributed by atoms with Gasteiger partial charge >= 0.3 is 12.2 Å². The molecule has 0 aliphatic carbocycles. The Morgan fingerprint density at radius 3 is 2.62 bits per heavy atom. The van der Waals surface area contributed by atoms with E-state index in [0.717, 1.165) is 19.0 Å². The molecular formula is C32H38ClF5N8O4. The zero-order valence-corrected chi connectivity index (χ0v) is 28.5. The van der Waals surface area contributed by atoms with Crippen molar-refractivity contribution in [2.45, 2.75) is 76.3 Å². The van der Waals surface area contributed by atoms with Gasteiger partial charge in [-0.15, -0.1) is 0 Å². The normalized spacial score (nSPS) is 21.8. The highest BCUT2D eigenvalue weighted by Gasteiger charge is 2.42. The van der Waals surface area contributed by atoms with E-state index in [1.54, 1.807) is 4.68 Å². The van der Waals surface area contributed by atoms with Crippen LogP contribution in [0.3, 0.4) is 0 Å². The SMILES string of the molecule is CNC(=O)c1nn2c(c1OC)CN(c1nc(OC)nc3c1COC(c1c(F)c(N)cc(Cl)c1C(F)(F)F)C3)CCC2.FC1CC2CCCN2C1. The van der Waals surface area contributed by atoms with Gasteiger partial charge in [-0.25, -0.2) is 8.78 Å². The fourth-order valence-corrected chi connectivity index (χ4v) is 7.53. The van der Waals surface area contributed by atoms with Crippen LogP contribution in [0, 0.1) is 5.82 Å². The van der Waals surface area contributed by atoms with E-state index in [2.05, 4.69) is 25.3 Å². The largest absolute Gasteiger partial charge is 0.492 e. The molecule has 4 aliphatic rings. The highest BCUT2D eigenvalue weighted by molar-refractivity contribution is 6.31. The molecule has 2 saturated heterocycles. The van der Waals surface area contributed by atoms with E-state index in [1.807, 2.05) is 4.90 Å². The van der Waals surface area contributed by atoms with Gasteiger partial charge in [-0.3, -0.25) is 14.4 Å². The standard InChI is InChI=1S/C25H26ClF4N7O4.C7H12FN/c1-32-23(38)20-21(39-2)15-9-36(5-4-6-37(15)35-20)22-11-10-41-16(8-14(11)33-24(34-22)40-3)17-18(25(28,29)30)12(26)7-13(31)19(17)27;8-6-4-7-2-1-3-9(7)5-6/h7,16H,4-6,8-10,31H2,1-3H3,(H,32,38);6-7H,1-5H2. The van der Waals surface area contributed by atoms with Crippen LogP contribution in [-0.4, -0.2) is 83.7 Å². The molecule has 1 aromatic carbocycles. The smallest absolute Gasteiger partial charge is 0.418 e. The first-order valence-corrected chi connectivity index (χ1v) is 16.6. The molecule has 3 unspecified atom stereocenters. The summed E-state index contributed by atoms with van der Waals surface area (Å²) in [5, 5.41) is 6.24. The van der Waals surface area contributed by atoms with Crippen molar-refractivity contribution in [1.29, 1.82) is 0 Å². The number of nitrogens with one attached hydrogen (secondary N) is 1. The number of ether oxygens (including phenoxy) is 3. The predicted octanol–water partition coefficient (Wildman–Crippen LogP) is 4.86. The molecule has 2 fully saturated rings. The summed E-state index contributed by atoms with van der Waals surface area (Å²) < 4.78 is 87.9. The Hall–Kier alpha value is -3.96. The fraction of sp³-hybridized carbons (Fsp3) is 0.562. The number of methoxy groups -OCH3 is 2. The van der Waals surface area contributed by atoms with Crippen LogP contribution in [0.5, 0.6) is 11.8 Å². The van der Waals surface area contributed by atoms with Gasteiger partial charge in [0.05, 0.1) is 55.4 Å². The number of amides is 1. The Morgan fingerprint density at radius 2 is 1.94 bits per heavy atom. The van der Waals surface area contributed by atoms with Gasteiger partial charge in [0.2, 0.25) is 0 Å². The molecule has 7 rings (SSSR count). The van der Waals surface area contributed by atoms with Crippen LogP contribution in [0.4, 0.5) is 33.5 Å². The number of nitrogens with two attached hydrogens (primary N) is 1. The zero-order valence-electron chi connectivity index (χ0n) is 27.7. The number of fused-ring (bicyclic) bond motifs is 3. The van der Waals surface area contributed by atoms with Gasteiger partial charge in [-0.2, -0.15) is 28.2 Å². The third-order valence-corrected chi connectivity index (χ3v) is 9.78. The number of rotatable bonds is 5. The topological polar surface area (TPSA) is 133 Å². The lowest BCUT2D eigenvalue weighted by molar-refractivity contribution is -0.140. The molecule has 3 N–H and O–H groups in total. The molecule has 0 radical (unpaired) electrons.